The number of hydrogen-bond donors (Lipinski definition) is 0. The number of hydrogen-bond acceptors (Lipinski definition) is 5. The van der Waals surface area contributed by atoms with Crippen molar-refractivity contribution >= 4 is 34.0 Å². The summed E-state index contributed by atoms with van der Waals surface area (Å²) in [6.07, 6.45) is 4.48. The van der Waals surface area contributed by atoms with Crippen LogP contribution >= 0.6 is 7.92 Å². The predicted molar refractivity (Wildman–Crippen MR) is 166 cm³/mol. The lowest BCUT2D eigenvalue weighted by molar-refractivity contribution is 0.309. The van der Waals surface area contributed by atoms with Crippen molar-refractivity contribution in [1.29, 1.82) is 0 Å². The Labute approximate surface area is 240 Å². The van der Waals surface area contributed by atoms with Gasteiger partial charge in [-0.1, -0.05) is 62.6 Å². The second-order valence-corrected chi connectivity index (χ2v) is 13.3. The molecule has 212 valence electrons. The molecule has 0 saturated carbocycles. The molecule has 5 nitrogen and oxygen atoms in total. The quantitative estimate of drug-likeness (QED) is 0.110. The maximum atomic E-state index is 10.4. The second kappa shape index (κ2) is 16.2. The fraction of sp³-hybridized carbons (Fsp3) is 0.273. The highest BCUT2D eigenvalue weighted by molar-refractivity contribution is 7.85. The van der Waals surface area contributed by atoms with E-state index < -0.39 is 18.0 Å². The van der Waals surface area contributed by atoms with Crippen LogP contribution < -0.4 is 25.4 Å². The molecule has 4 rings (SSSR count). The van der Waals surface area contributed by atoms with Gasteiger partial charge in [0.05, 0.1) is 26.0 Å². The normalized spacial score (nSPS) is 11.0. The van der Waals surface area contributed by atoms with E-state index in [4.69, 9.17) is 9.47 Å². The van der Waals surface area contributed by atoms with Gasteiger partial charge in [-0.15, -0.1) is 0 Å². The van der Waals surface area contributed by atoms with Crippen LogP contribution in [0.25, 0.3) is 0 Å². The zero-order chi connectivity index (χ0) is 28.8. The summed E-state index contributed by atoms with van der Waals surface area (Å²) in [5, 5.41) is 4.11. The number of unbranched alkanes of at least 4 members (excludes halogenated alkanes) is 2. The summed E-state index contributed by atoms with van der Waals surface area (Å²) < 4.78 is 42.9. The van der Waals surface area contributed by atoms with Gasteiger partial charge >= 0.3 is 0 Å². The summed E-state index contributed by atoms with van der Waals surface area (Å²) in [6.45, 7) is 7.75. The fourth-order valence-electron chi connectivity index (χ4n) is 3.91. The van der Waals surface area contributed by atoms with Gasteiger partial charge in [0.1, 0.15) is 37.5 Å². The van der Waals surface area contributed by atoms with Gasteiger partial charge in [0.2, 0.25) is 0 Å². The molecule has 4 aromatic carbocycles. The van der Waals surface area contributed by atoms with E-state index in [2.05, 4.69) is 92.7 Å². The lowest BCUT2D eigenvalue weighted by atomic mass is 10.2. The maximum Gasteiger partial charge on any atom is 0.124 e. The lowest BCUT2D eigenvalue weighted by Gasteiger charge is -2.13. The third kappa shape index (κ3) is 10.1. The highest BCUT2D eigenvalue weighted by Crippen LogP contribution is 2.34. The Kier molecular flexibility index (Phi) is 12.7. The zero-order valence-electron chi connectivity index (χ0n) is 23.5. The van der Waals surface area contributed by atoms with Crippen molar-refractivity contribution in [2.24, 2.45) is 0 Å². The summed E-state index contributed by atoms with van der Waals surface area (Å²) in [5.74, 6) is 1.91. The van der Waals surface area contributed by atoms with Crippen molar-refractivity contribution in [3.63, 3.8) is 0 Å². The van der Waals surface area contributed by atoms with Crippen LogP contribution in [0.2, 0.25) is 0 Å². The Morgan fingerprint density at radius 1 is 0.625 bits per heavy atom. The van der Waals surface area contributed by atoms with E-state index in [1.807, 2.05) is 6.92 Å². The van der Waals surface area contributed by atoms with Gasteiger partial charge in [-0.2, -0.15) is 0 Å². The second-order valence-electron chi connectivity index (χ2n) is 9.46. The molecule has 0 aliphatic carbocycles. The average molecular weight is 579 g/mol. The molecule has 0 radical (unpaired) electrons. The van der Waals surface area contributed by atoms with Crippen LogP contribution in [0.5, 0.6) is 11.5 Å². The van der Waals surface area contributed by atoms with Crippen LogP contribution in [0.4, 0.5) is 0 Å². The summed E-state index contributed by atoms with van der Waals surface area (Å²) >= 11 is 0. The van der Waals surface area contributed by atoms with Gasteiger partial charge in [-0.05, 0) is 92.6 Å². The number of rotatable bonds is 12. The number of ether oxygens (including phenoxy) is 2. The molecule has 0 amide bonds. The Bertz CT molecular complexity index is 1320. The van der Waals surface area contributed by atoms with Gasteiger partial charge in [-0.25, -0.2) is 8.42 Å². The lowest BCUT2D eigenvalue weighted by Crippen LogP contribution is -2.20. The third-order valence-corrected chi connectivity index (χ3v) is 9.77. The average Bonchev–Trinajstić information content (AvgIpc) is 2.96. The Hall–Kier alpha value is -3.18. The molecule has 0 aliphatic rings. The number of aryl methyl sites for hydroxylation is 1. The Morgan fingerprint density at radius 2 is 1.05 bits per heavy atom. The van der Waals surface area contributed by atoms with Crippen molar-refractivity contribution in [3.8, 4) is 11.5 Å². The van der Waals surface area contributed by atoms with E-state index in [9.17, 15) is 13.0 Å². The molecule has 40 heavy (non-hydrogen) atoms. The molecule has 0 unspecified atom stereocenters. The summed E-state index contributed by atoms with van der Waals surface area (Å²) in [5.41, 5.74) is 0.928. The maximum absolute atomic E-state index is 10.4. The van der Waals surface area contributed by atoms with Crippen molar-refractivity contribution < 1.29 is 22.4 Å². The zero-order valence-corrected chi connectivity index (χ0v) is 25.3. The van der Waals surface area contributed by atoms with Crippen LogP contribution in [0.15, 0.2) is 108 Å². The SMILES string of the molecule is CCCCOc1ccc([PH+](c2ccccc2)c2ccc(OCCCC)cc2)cc1.Cc1ccc(S(=O)(=O)[O-])cc1. The first-order valence-corrected chi connectivity index (χ1v) is 16.6. The molecule has 7 heteroatoms. The van der Waals surface area contributed by atoms with E-state index in [1.165, 1.54) is 28.0 Å². The highest BCUT2D eigenvalue weighted by atomic mass is 32.2. The standard InChI is InChI=1S/C26H31O2P.C7H8O3S/c1-3-5-20-27-22-12-16-25(17-13-22)29(24-10-8-7-9-11-24)26-18-14-23(15-19-26)28-21-6-4-2;1-6-2-4-7(5-3-6)11(8,9)10/h7-19H,3-6,20-21H2,1-2H3;2-5H,1H3,(H,8,9,10). The van der Waals surface area contributed by atoms with Crippen LogP contribution in [-0.2, 0) is 10.1 Å². The summed E-state index contributed by atoms with van der Waals surface area (Å²) in [7, 11) is -5.34. The highest BCUT2D eigenvalue weighted by Gasteiger charge is 2.25. The van der Waals surface area contributed by atoms with Crippen LogP contribution in [0, 0.1) is 6.92 Å². The predicted octanol–water partition coefficient (Wildman–Crippen LogP) is 6.43. The van der Waals surface area contributed by atoms with Crippen molar-refractivity contribution in [2.75, 3.05) is 13.2 Å². The van der Waals surface area contributed by atoms with Gasteiger partial charge < -0.3 is 14.0 Å². The van der Waals surface area contributed by atoms with Gasteiger partial charge in [0, 0.05) is 0 Å². The number of benzene rings is 4. The smallest absolute Gasteiger partial charge is 0.124 e. The van der Waals surface area contributed by atoms with Crippen molar-refractivity contribution in [1.82, 2.24) is 0 Å². The largest absolute Gasteiger partial charge is 0.744 e. The first kappa shape index (κ1) is 31.3. The van der Waals surface area contributed by atoms with E-state index in [-0.39, 0.29) is 4.90 Å². The van der Waals surface area contributed by atoms with Crippen LogP contribution in [0.3, 0.4) is 0 Å². The molecular weight excluding hydrogens is 539 g/mol. The van der Waals surface area contributed by atoms with Gasteiger partial charge in [0.15, 0.2) is 0 Å². The van der Waals surface area contributed by atoms with E-state index in [1.54, 1.807) is 12.1 Å². The molecule has 0 N–H and O–H groups in total. The summed E-state index contributed by atoms with van der Waals surface area (Å²) in [6, 6.07) is 34.0. The van der Waals surface area contributed by atoms with Crippen LogP contribution in [-0.4, -0.2) is 26.2 Å². The molecular formula is C33H39O5PS. The Morgan fingerprint density at radius 3 is 1.45 bits per heavy atom. The first-order valence-electron chi connectivity index (χ1n) is 13.7. The van der Waals surface area contributed by atoms with Gasteiger partial charge in [0.25, 0.3) is 0 Å². The van der Waals surface area contributed by atoms with E-state index >= 15 is 0 Å². The monoisotopic (exact) mass is 578 g/mol. The molecule has 0 spiro atoms. The molecule has 0 saturated heterocycles. The minimum Gasteiger partial charge on any atom is -0.744 e. The molecule has 4 aromatic rings. The first-order chi connectivity index (χ1) is 19.3. The molecule has 0 atom stereocenters. The minimum absolute atomic E-state index is 0.178. The molecule has 0 fully saturated rings. The molecule has 0 aromatic heterocycles. The van der Waals surface area contributed by atoms with E-state index in [0.717, 1.165) is 56.0 Å². The third-order valence-electron chi connectivity index (χ3n) is 6.19. The van der Waals surface area contributed by atoms with E-state index in [0.29, 0.717) is 0 Å². The molecule has 0 aliphatic heterocycles. The van der Waals surface area contributed by atoms with Crippen molar-refractivity contribution in [2.45, 2.75) is 51.3 Å². The minimum atomic E-state index is -4.27. The van der Waals surface area contributed by atoms with Gasteiger partial charge in [-0.3, -0.25) is 0 Å². The van der Waals surface area contributed by atoms with Crippen LogP contribution in [0.1, 0.15) is 45.1 Å². The fourth-order valence-corrected chi connectivity index (χ4v) is 6.91. The Balaban J connectivity index is 0.000000336. The molecule has 0 heterocycles. The summed E-state index contributed by atoms with van der Waals surface area (Å²) in [4.78, 5) is -0.178. The van der Waals surface area contributed by atoms with Crippen molar-refractivity contribution in [3.05, 3.63) is 109 Å². The topological polar surface area (TPSA) is 75.7 Å². The molecule has 0 bridgehead atoms.